The summed E-state index contributed by atoms with van der Waals surface area (Å²) in [5, 5.41) is 4.74. The van der Waals surface area contributed by atoms with Crippen molar-refractivity contribution in [3.63, 3.8) is 0 Å². The van der Waals surface area contributed by atoms with Gasteiger partial charge in [0.25, 0.3) is 0 Å². The van der Waals surface area contributed by atoms with Crippen molar-refractivity contribution in [2.45, 2.75) is 6.42 Å². The van der Waals surface area contributed by atoms with Gasteiger partial charge in [0.2, 0.25) is 0 Å². The van der Waals surface area contributed by atoms with Gasteiger partial charge in [-0.2, -0.15) is 0 Å². The van der Waals surface area contributed by atoms with Gasteiger partial charge in [-0.3, -0.25) is 0 Å². The third-order valence-corrected chi connectivity index (χ3v) is 2.49. The van der Waals surface area contributed by atoms with E-state index in [9.17, 15) is 0 Å². The van der Waals surface area contributed by atoms with Gasteiger partial charge >= 0.3 is 0 Å². The lowest BCUT2D eigenvalue weighted by Crippen LogP contribution is -2.02. The molecule has 0 saturated heterocycles. The van der Waals surface area contributed by atoms with E-state index in [-0.39, 0.29) is 0 Å². The third kappa shape index (κ3) is 1.59. The zero-order chi connectivity index (χ0) is 9.26. The van der Waals surface area contributed by atoms with Crippen molar-refractivity contribution in [3.8, 4) is 0 Å². The molecular weight excluding hydrogens is 232 g/mol. The van der Waals surface area contributed by atoms with Crippen molar-refractivity contribution in [1.29, 1.82) is 0 Å². The minimum atomic E-state index is 0.656. The van der Waals surface area contributed by atoms with Crippen LogP contribution in [0.2, 0.25) is 0 Å². The molecular formula is C9H9BrN2O. The van der Waals surface area contributed by atoms with Crippen molar-refractivity contribution < 1.29 is 4.52 Å². The normalized spacial score (nSPS) is 10.9. The molecule has 0 atom stereocenters. The largest absolute Gasteiger partial charge is 0.355 e. The molecule has 1 aromatic heterocycles. The Bertz CT molecular complexity index is 424. The van der Waals surface area contributed by atoms with E-state index in [0.717, 1.165) is 21.9 Å². The van der Waals surface area contributed by atoms with Gasteiger partial charge in [0.05, 0.1) is 10.7 Å². The van der Waals surface area contributed by atoms with Crippen LogP contribution in [-0.2, 0) is 6.42 Å². The van der Waals surface area contributed by atoms with Gasteiger partial charge in [0.1, 0.15) is 0 Å². The maximum Gasteiger partial charge on any atom is 0.180 e. The van der Waals surface area contributed by atoms with E-state index >= 15 is 0 Å². The minimum Gasteiger partial charge on any atom is -0.355 e. The summed E-state index contributed by atoms with van der Waals surface area (Å²) in [4.78, 5) is 0. The average molecular weight is 241 g/mol. The molecule has 0 amide bonds. The first-order valence-corrected chi connectivity index (χ1v) is 4.83. The predicted molar refractivity (Wildman–Crippen MR) is 54.5 cm³/mol. The highest BCUT2D eigenvalue weighted by molar-refractivity contribution is 9.10. The Hall–Kier alpha value is -0.870. The summed E-state index contributed by atoms with van der Waals surface area (Å²) < 4.78 is 5.99. The maximum atomic E-state index is 5.48. The lowest BCUT2D eigenvalue weighted by atomic mass is 10.1. The maximum absolute atomic E-state index is 5.48. The molecule has 0 aliphatic heterocycles. The number of hydrogen-bond donors (Lipinski definition) is 1. The first kappa shape index (κ1) is 8.72. The molecule has 0 unspecified atom stereocenters. The molecule has 0 fully saturated rings. The second-order valence-corrected chi connectivity index (χ2v) is 3.71. The van der Waals surface area contributed by atoms with Crippen molar-refractivity contribution in [3.05, 3.63) is 28.4 Å². The smallest absolute Gasteiger partial charge is 0.180 e. The third-order valence-electron chi connectivity index (χ3n) is 1.90. The Balaban J connectivity index is 2.56. The lowest BCUT2D eigenvalue weighted by Gasteiger charge is -1.99. The van der Waals surface area contributed by atoms with Crippen LogP contribution in [0.3, 0.4) is 0 Å². The van der Waals surface area contributed by atoms with Crippen molar-refractivity contribution >= 4 is 26.9 Å². The summed E-state index contributed by atoms with van der Waals surface area (Å²) in [7, 11) is 0. The van der Waals surface area contributed by atoms with Crippen LogP contribution in [0.5, 0.6) is 0 Å². The molecule has 2 aromatic rings. The highest BCUT2D eigenvalue weighted by atomic mass is 79.9. The van der Waals surface area contributed by atoms with Crippen molar-refractivity contribution in [2.24, 2.45) is 5.73 Å². The van der Waals surface area contributed by atoms with E-state index in [4.69, 9.17) is 10.3 Å². The van der Waals surface area contributed by atoms with Crippen LogP contribution >= 0.6 is 15.9 Å². The van der Waals surface area contributed by atoms with Gasteiger partial charge in [-0.1, -0.05) is 5.16 Å². The van der Waals surface area contributed by atoms with Gasteiger partial charge in [-0.15, -0.1) is 0 Å². The monoisotopic (exact) mass is 240 g/mol. The van der Waals surface area contributed by atoms with E-state index in [2.05, 4.69) is 21.1 Å². The molecule has 2 N–H and O–H groups in total. The molecule has 68 valence electrons. The van der Waals surface area contributed by atoms with Crippen LogP contribution in [0.4, 0.5) is 0 Å². The molecule has 0 spiro atoms. The molecule has 0 radical (unpaired) electrons. The van der Waals surface area contributed by atoms with Crippen molar-refractivity contribution in [1.82, 2.24) is 5.16 Å². The molecule has 0 saturated carbocycles. The van der Waals surface area contributed by atoms with Gasteiger partial charge in [-0.05, 0) is 46.6 Å². The van der Waals surface area contributed by atoms with E-state index in [0.29, 0.717) is 6.54 Å². The number of fused-ring (bicyclic) bond motifs is 1. The summed E-state index contributed by atoms with van der Waals surface area (Å²) in [6, 6.07) is 4.06. The van der Waals surface area contributed by atoms with Gasteiger partial charge in [0, 0.05) is 5.39 Å². The summed E-state index contributed by atoms with van der Waals surface area (Å²) in [6.07, 6.45) is 2.58. The van der Waals surface area contributed by atoms with Crippen LogP contribution < -0.4 is 5.73 Å². The van der Waals surface area contributed by atoms with Crippen molar-refractivity contribution in [2.75, 3.05) is 6.54 Å². The number of nitrogens with two attached hydrogens (primary N) is 1. The molecule has 1 aromatic carbocycles. The molecule has 0 bridgehead atoms. The summed E-state index contributed by atoms with van der Waals surface area (Å²) in [5.41, 5.74) is 7.47. The summed E-state index contributed by atoms with van der Waals surface area (Å²) >= 11 is 3.42. The Labute approximate surface area is 84.0 Å². The standard InChI is InChI=1S/C9H9BrN2O/c10-8-4-6(1-2-11)3-7-5-12-13-9(7)8/h3-5H,1-2,11H2. The molecule has 2 rings (SSSR count). The molecule has 0 aliphatic rings. The van der Waals surface area contributed by atoms with E-state index in [1.54, 1.807) is 6.20 Å². The predicted octanol–water partition coefficient (Wildman–Crippen LogP) is 2.09. The number of rotatable bonds is 2. The number of halogens is 1. The Kier molecular flexibility index (Phi) is 2.33. The van der Waals surface area contributed by atoms with Crippen LogP contribution in [0.1, 0.15) is 5.56 Å². The fourth-order valence-electron chi connectivity index (χ4n) is 1.31. The Morgan fingerprint density at radius 2 is 2.31 bits per heavy atom. The molecule has 4 heteroatoms. The summed E-state index contributed by atoms with van der Waals surface area (Å²) in [6.45, 7) is 0.656. The first-order chi connectivity index (χ1) is 6.31. The quantitative estimate of drug-likeness (QED) is 0.875. The SMILES string of the molecule is NCCc1cc(Br)c2oncc2c1. The van der Waals surface area contributed by atoms with Gasteiger partial charge in [-0.25, -0.2) is 0 Å². The zero-order valence-corrected chi connectivity index (χ0v) is 8.54. The van der Waals surface area contributed by atoms with Crippen LogP contribution in [-0.4, -0.2) is 11.7 Å². The molecule has 3 nitrogen and oxygen atoms in total. The van der Waals surface area contributed by atoms with Crippen LogP contribution in [0.25, 0.3) is 11.0 Å². The van der Waals surface area contributed by atoms with E-state index in [1.807, 2.05) is 12.1 Å². The highest BCUT2D eigenvalue weighted by Gasteiger charge is 2.05. The topological polar surface area (TPSA) is 52.0 Å². The van der Waals surface area contributed by atoms with E-state index < -0.39 is 0 Å². The van der Waals surface area contributed by atoms with Gasteiger partial charge < -0.3 is 10.3 Å². The zero-order valence-electron chi connectivity index (χ0n) is 6.96. The minimum absolute atomic E-state index is 0.656. The van der Waals surface area contributed by atoms with E-state index in [1.165, 1.54) is 5.56 Å². The fourth-order valence-corrected chi connectivity index (χ4v) is 1.91. The molecule has 0 aliphatic carbocycles. The van der Waals surface area contributed by atoms with Crippen LogP contribution in [0, 0.1) is 0 Å². The Morgan fingerprint density at radius 1 is 1.46 bits per heavy atom. The number of hydrogen-bond acceptors (Lipinski definition) is 3. The number of benzene rings is 1. The van der Waals surface area contributed by atoms with Gasteiger partial charge in [0.15, 0.2) is 5.58 Å². The fraction of sp³-hybridized carbons (Fsp3) is 0.222. The Morgan fingerprint density at radius 3 is 3.08 bits per heavy atom. The average Bonchev–Trinajstić information content (AvgIpc) is 2.53. The lowest BCUT2D eigenvalue weighted by molar-refractivity contribution is 0.455. The first-order valence-electron chi connectivity index (χ1n) is 4.04. The number of nitrogens with zero attached hydrogens (tertiary/aromatic N) is 1. The second kappa shape index (κ2) is 3.47. The highest BCUT2D eigenvalue weighted by Crippen LogP contribution is 2.25. The second-order valence-electron chi connectivity index (χ2n) is 2.86. The summed E-state index contributed by atoms with van der Waals surface area (Å²) in [5.74, 6) is 0. The van der Waals surface area contributed by atoms with Crippen LogP contribution in [0.15, 0.2) is 27.3 Å². The molecule has 1 heterocycles. The molecule has 13 heavy (non-hydrogen) atoms. The number of aromatic nitrogens is 1.